The number of imidazole rings is 1. The molecule has 11 rings (SSSR count). The lowest BCUT2D eigenvalue weighted by Crippen LogP contribution is -2.29. The Morgan fingerprint density at radius 2 is 1.17 bits per heavy atom. The zero-order valence-electron chi connectivity index (χ0n) is 40.6. The molecule has 0 radical (unpaired) electrons. The largest absolute Gasteiger partial charge is 0.458 e. The van der Waals surface area contributed by atoms with Crippen LogP contribution in [0.3, 0.4) is 0 Å². The standard InChI is InChI=1S/C65H56N4O/c1-45(2)57-26-16-17-27-58(57)48-38-54(68-35-34-67(44-68)53-37-47(46-20-10-7-11-21-46)36-52(40-53)65(5,6)50-24-14-9-15-25-50)42-56(39-48)70-55-30-31-60-59-28-18-19-29-61(59)69(62(60)43-55)63-41-51(32-33-66-63)64(3,4)49-22-12-8-13-23-49/h7-43,45H,1-6H3. The Hall–Kier alpha value is -8.28. The Morgan fingerprint density at radius 1 is 0.514 bits per heavy atom. The van der Waals surface area contributed by atoms with Crippen molar-refractivity contribution in [1.82, 2.24) is 14.1 Å². The molecule has 0 fully saturated rings. The average Bonchev–Trinajstić information content (AvgIpc) is 4.03. The summed E-state index contributed by atoms with van der Waals surface area (Å²) in [5, 5.41) is 2.30. The lowest BCUT2D eigenvalue weighted by Gasteiger charge is -2.27. The summed E-state index contributed by atoms with van der Waals surface area (Å²) in [6.45, 7) is 13.7. The molecule has 0 aliphatic heterocycles. The molecule has 11 aromatic rings. The van der Waals surface area contributed by atoms with E-state index in [1.165, 1.54) is 38.9 Å². The van der Waals surface area contributed by atoms with Crippen LogP contribution in [0.5, 0.6) is 11.5 Å². The van der Waals surface area contributed by atoms with Gasteiger partial charge in [-0.25, -0.2) is 4.98 Å². The van der Waals surface area contributed by atoms with Crippen molar-refractivity contribution in [2.75, 3.05) is 0 Å². The third-order valence-electron chi connectivity index (χ3n) is 14.2. The molecule has 5 heteroatoms. The van der Waals surface area contributed by atoms with Crippen LogP contribution in [0.1, 0.15) is 75.3 Å². The van der Waals surface area contributed by atoms with E-state index in [4.69, 9.17) is 9.72 Å². The van der Waals surface area contributed by atoms with Gasteiger partial charge in [-0.3, -0.25) is 13.7 Å². The van der Waals surface area contributed by atoms with E-state index in [0.717, 1.165) is 61.6 Å². The van der Waals surface area contributed by atoms with Crippen LogP contribution < -0.4 is 9.30 Å². The maximum Gasteiger partial charge on any atom is 0.268 e. The fourth-order valence-electron chi connectivity index (χ4n) is 10.1. The van der Waals surface area contributed by atoms with Crippen LogP contribution in [0.25, 0.3) is 61.3 Å². The Morgan fingerprint density at radius 3 is 1.91 bits per heavy atom. The van der Waals surface area contributed by atoms with E-state index in [9.17, 15) is 0 Å². The predicted octanol–water partition coefficient (Wildman–Crippen LogP) is 15.9. The molecule has 3 heterocycles. The monoisotopic (exact) mass is 908 g/mol. The normalized spacial score (nSPS) is 12.0. The summed E-state index contributed by atoms with van der Waals surface area (Å²) in [7, 11) is 0. The molecule has 0 atom stereocenters. The maximum atomic E-state index is 7.02. The van der Waals surface area contributed by atoms with E-state index in [0.29, 0.717) is 5.92 Å². The van der Waals surface area contributed by atoms with E-state index in [-0.39, 0.29) is 10.8 Å². The molecule has 5 nitrogen and oxygen atoms in total. The molecule has 0 spiro atoms. The van der Waals surface area contributed by atoms with Gasteiger partial charge in [-0.1, -0.05) is 181 Å². The van der Waals surface area contributed by atoms with Crippen LogP contribution in [0.15, 0.2) is 225 Å². The van der Waals surface area contributed by atoms with Crippen molar-refractivity contribution in [2.45, 2.75) is 58.3 Å². The van der Waals surface area contributed by atoms with Crippen molar-refractivity contribution < 1.29 is 9.30 Å². The third kappa shape index (κ3) is 8.28. The predicted molar refractivity (Wildman–Crippen MR) is 287 cm³/mol. The molecular weight excluding hydrogens is 853 g/mol. The van der Waals surface area contributed by atoms with Crippen LogP contribution in [0.4, 0.5) is 0 Å². The van der Waals surface area contributed by atoms with Crippen molar-refractivity contribution in [3.63, 3.8) is 0 Å². The second kappa shape index (κ2) is 18.0. The first kappa shape index (κ1) is 44.2. The van der Waals surface area contributed by atoms with Gasteiger partial charge in [0, 0.05) is 46.3 Å². The number of fused-ring (bicyclic) bond motifs is 3. The summed E-state index contributed by atoms with van der Waals surface area (Å²) >= 11 is 0. The summed E-state index contributed by atoms with van der Waals surface area (Å²) in [4.78, 5) is 5.00. The molecule has 0 unspecified atom stereocenters. The first-order valence-corrected chi connectivity index (χ1v) is 24.3. The van der Waals surface area contributed by atoms with E-state index in [1.54, 1.807) is 0 Å². The van der Waals surface area contributed by atoms with Crippen molar-refractivity contribution in [1.29, 1.82) is 0 Å². The topological polar surface area (TPSA) is 35.9 Å². The van der Waals surface area contributed by atoms with Crippen molar-refractivity contribution in [3.05, 3.63) is 259 Å². The lowest BCUT2D eigenvalue weighted by atomic mass is 9.77. The molecule has 0 saturated heterocycles. The van der Waals surface area contributed by atoms with Crippen LogP contribution in [0.2, 0.25) is 0 Å². The second-order valence-electron chi connectivity index (χ2n) is 19.7. The maximum absolute atomic E-state index is 7.02. The number of hydrogen-bond donors (Lipinski definition) is 0. The number of ether oxygens (including phenoxy) is 1. The van der Waals surface area contributed by atoms with Crippen LogP contribution in [-0.4, -0.2) is 14.1 Å². The highest BCUT2D eigenvalue weighted by atomic mass is 16.5. The average molecular weight is 909 g/mol. The van der Waals surface area contributed by atoms with E-state index in [1.807, 2.05) is 6.20 Å². The summed E-state index contributed by atoms with van der Waals surface area (Å²) < 4.78 is 13.5. The number of aromatic nitrogens is 4. The number of para-hydroxylation sites is 1. The molecular formula is C65H56N4O. The summed E-state index contributed by atoms with van der Waals surface area (Å²) in [5.41, 5.74) is 14.4. The zero-order valence-corrected chi connectivity index (χ0v) is 40.6. The van der Waals surface area contributed by atoms with Crippen molar-refractivity contribution in [3.8, 4) is 50.9 Å². The van der Waals surface area contributed by atoms with Crippen LogP contribution in [0, 0.1) is 6.33 Å². The minimum atomic E-state index is -0.245. The Kier molecular flexibility index (Phi) is 11.4. The SMILES string of the molecule is CC(C)c1ccccc1-c1cc(Oc2ccc3c4ccccc4n(-c4cc(C(C)(C)c5ccccc5)ccn4)c3c2)cc(-n2[c-][n+](-c3cc(-c4ccccc4)cc(C(C)(C)c4ccccc4)c3)cc2)c1. The van der Waals surface area contributed by atoms with Gasteiger partial charge >= 0.3 is 0 Å². The number of rotatable bonds is 12. The molecule has 0 N–H and O–H groups in total. The van der Waals surface area contributed by atoms with Gasteiger partial charge in [-0.15, -0.1) is 0 Å². The van der Waals surface area contributed by atoms with Gasteiger partial charge in [0.25, 0.3) is 6.33 Å². The van der Waals surface area contributed by atoms with E-state index >= 15 is 0 Å². The first-order valence-electron chi connectivity index (χ1n) is 24.3. The Bertz CT molecular complexity index is 3660. The third-order valence-corrected chi connectivity index (χ3v) is 14.2. The van der Waals surface area contributed by atoms with Gasteiger partial charge in [0.1, 0.15) is 17.3 Å². The molecule has 70 heavy (non-hydrogen) atoms. The highest BCUT2D eigenvalue weighted by Crippen LogP contribution is 2.40. The minimum absolute atomic E-state index is 0.228. The fraction of sp³-hybridized carbons (Fsp3) is 0.138. The summed E-state index contributed by atoms with van der Waals surface area (Å²) in [6.07, 6.45) is 9.82. The van der Waals surface area contributed by atoms with Gasteiger partial charge in [0.2, 0.25) is 0 Å². The molecule has 3 aromatic heterocycles. The smallest absolute Gasteiger partial charge is 0.268 e. The molecule has 0 amide bonds. The summed E-state index contributed by atoms with van der Waals surface area (Å²) in [6, 6.07) is 73.6. The molecule has 0 bridgehead atoms. The highest BCUT2D eigenvalue weighted by Gasteiger charge is 2.26. The number of hydrogen-bond acceptors (Lipinski definition) is 2. The van der Waals surface area contributed by atoms with Gasteiger partial charge in [-0.2, -0.15) is 0 Å². The van der Waals surface area contributed by atoms with E-state index in [2.05, 4.69) is 280 Å². The minimum Gasteiger partial charge on any atom is -0.458 e. The van der Waals surface area contributed by atoms with E-state index < -0.39 is 0 Å². The number of pyridine rings is 1. The van der Waals surface area contributed by atoms with Crippen LogP contribution >= 0.6 is 0 Å². The van der Waals surface area contributed by atoms with Crippen molar-refractivity contribution in [2.24, 2.45) is 0 Å². The Labute approximate surface area is 411 Å². The molecule has 342 valence electrons. The number of benzene rings is 8. The fourth-order valence-corrected chi connectivity index (χ4v) is 10.1. The quantitative estimate of drug-likeness (QED) is 0.0904. The second-order valence-corrected chi connectivity index (χ2v) is 19.7. The molecule has 0 aliphatic rings. The first-order chi connectivity index (χ1) is 34.0. The lowest BCUT2D eigenvalue weighted by molar-refractivity contribution is -0.599. The highest BCUT2D eigenvalue weighted by molar-refractivity contribution is 6.09. The van der Waals surface area contributed by atoms with Gasteiger partial charge in [0.05, 0.1) is 22.4 Å². The van der Waals surface area contributed by atoms with Gasteiger partial charge in [0.15, 0.2) is 0 Å². The molecule has 0 saturated carbocycles. The van der Waals surface area contributed by atoms with Crippen molar-refractivity contribution >= 4 is 21.8 Å². The van der Waals surface area contributed by atoms with Gasteiger partial charge in [-0.05, 0) is 117 Å². The Balaban J connectivity index is 1.02. The number of nitrogens with zero attached hydrogens (tertiary/aromatic N) is 4. The summed E-state index contributed by atoms with van der Waals surface area (Å²) in [5.74, 6) is 2.64. The zero-order chi connectivity index (χ0) is 48.0. The molecule has 0 aliphatic carbocycles. The van der Waals surface area contributed by atoms with Gasteiger partial charge < -0.3 is 4.74 Å². The molecule has 8 aromatic carbocycles. The van der Waals surface area contributed by atoms with Crippen LogP contribution in [-0.2, 0) is 10.8 Å².